The molecule has 2 saturated heterocycles. The maximum Gasteiger partial charge on any atom is 0.272 e. The molecule has 3 heterocycles. The molecule has 0 saturated carbocycles. The molecule has 9 heteroatoms. The summed E-state index contributed by atoms with van der Waals surface area (Å²) in [6.07, 6.45) is 4.54. The quantitative estimate of drug-likeness (QED) is 0.790. The normalized spacial score (nSPS) is 22.0. The Morgan fingerprint density at radius 1 is 1.29 bits per heavy atom. The molecule has 2 atom stereocenters. The van der Waals surface area contributed by atoms with E-state index in [0.717, 1.165) is 31.6 Å². The van der Waals surface area contributed by atoms with Crippen LogP contribution in [0.1, 0.15) is 35.8 Å². The van der Waals surface area contributed by atoms with Crippen LogP contribution >= 0.6 is 24.0 Å². The number of nitrogens with zero attached hydrogens (tertiary/aromatic N) is 3. The molecule has 0 spiro atoms. The van der Waals surface area contributed by atoms with Crippen molar-refractivity contribution in [3.05, 3.63) is 47.2 Å². The van der Waals surface area contributed by atoms with Gasteiger partial charge in [0.1, 0.15) is 11.7 Å². The summed E-state index contributed by atoms with van der Waals surface area (Å²) in [5.41, 5.74) is 1.09. The van der Waals surface area contributed by atoms with Gasteiger partial charge in [-0.2, -0.15) is 5.10 Å². The van der Waals surface area contributed by atoms with E-state index in [1.807, 2.05) is 23.0 Å². The molecule has 2 unspecified atom stereocenters. The number of hydrogen-bond donors (Lipinski definition) is 2. The molecule has 2 aliphatic heterocycles. The molecule has 2 N–H and O–H groups in total. The Hall–Kier alpha value is -2.09. The minimum atomic E-state index is -0.544. The fourth-order valence-electron chi connectivity index (χ4n) is 3.67. The number of amides is 2. The second kappa shape index (κ2) is 8.94. The number of carbonyl (C=O) groups excluding carboxylic acids is 2. The van der Waals surface area contributed by atoms with Crippen molar-refractivity contribution in [2.45, 2.75) is 31.3 Å². The van der Waals surface area contributed by atoms with Gasteiger partial charge in [0, 0.05) is 30.0 Å². The van der Waals surface area contributed by atoms with Crippen LogP contribution in [0.25, 0.3) is 0 Å². The van der Waals surface area contributed by atoms with E-state index in [9.17, 15) is 9.59 Å². The van der Waals surface area contributed by atoms with Crippen LogP contribution in [0.4, 0.5) is 5.69 Å². The van der Waals surface area contributed by atoms with Gasteiger partial charge in [-0.15, -0.1) is 12.4 Å². The fraction of sp³-hybridized carbons (Fsp3) is 0.421. The minimum Gasteiger partial charge on any atom is -0.339 e. The molecule has 4 rings (SSSR count). The average Bonchev–Trinajstić information content (AvgIpc) is 3.30. The van der Waals surface area contributed by atoms with Crippen molar-refractivity contribution >= 4 is 41.5 Å². The van der Waals surface area contributed by atoms with Crippen molar-refractivity contribution < 1.29 is 9.59 Å². The molecular formula is C19H23Cl2N5O2. The monoisotopic (exact) mass is 423 g/mol. The number of nitrogens with one attached hydrogen (secondary N) is 2. The van der Waals surface area contributed by atoms with Crippen molar-refractivity contribution in [3.8, 4) is 0 Å². The Labute approximate surface area is 174 Å². The summed E-state index contributed by atoms with van der Waals surface area (Å²) >= 11 is 6.02. The van der Waals surface area contributed by atoms with E-state index in [4.69, 9.17) is 11.6 Å². The molecule has 7 nitrogen and oxygen atoms in total. The first-order valence-corrected chi connectivity index (χ1v) is 9.63. The first-order valence-electron chi connectivity index (χ1n) is 9.25. The summed E-state index contributed by atoms with van der Waals surface area (Å²) in [6, 6.07) is 8.60. The van der Waals surface area contributed by atoms with E-state index in [0.29, 0.717) is 23.7 Å². The van der Waals surface area contributed by atoms with Gasteiger partial charge in [-0.1, -0.05) is 17.7 Å². The summed E-state index contributed by atoms with van der Waals surface area (Å²) in [4.78, 5) is 26.9. The van der Waals surface area contributed by atoms with Gasteiger partial charge in [-0.3, -0.25) is 14.3 Å². The topological polar surface area (TPSA) is 79.3 Å². The molecule has 0 bridgehead atoms. The van der Waals surface area contributed by atoms with Crippen molar-refractivity contribution in [3.63, 3.8) is 0 Å². The number of piperidine rings is 1. The van der Waals surface area contributed by atoms with E-state index in [-0.39, 0.29) is 30.3 Å². The lowest BCUT2D eigenvalue weighted by molar-refractivity contribution is -0.118. The summed E-state index contributed by atoms with van der Waals surface area (Å²) < 4.78 is 1.84. The predicted octanol–water partition coefficient (Wildman–Crippen LogP) is 2.42. The SMILES string of the molecule is Cl.O=C(NC1CCN(c2cccc(Cl)c2)C1=O)c1ccn(C2CCCNC2)n1. The van der Waals surface area contributed by atoms with Gasteiger partial charge in [0.15, 0.2) is 0 Å². The molecule has 2 aromatic rings. The highest BCUT2D eigenvalue weighted by Gasteiger charge is 2.34. The zero-order chi connectivity index (χ0) is 18.8. The van der Waals surface area contributed by atoms with Crippen LogP contribution in [0.15, 0.2) is 36.5 Å². The fourth-order valence-corrected chi connectivity index (χ4v) is 3.85. The molecule has 2 amide bonds. The smallest absolute Gasteiger partial charge is 0.272 e. The number of aromatic nitrogens is 2. The highest BCUT2D eigenvalue weighted by molar-refractivity contribution is 6.31. The van der Waals surface area contributed by atoms with Crippen LogP contribution < -0.4 is 15.5 Å². The number of rotatable bonds is 4. The molecule has 0 aliphatic carbocycles. The van der Waals surface area contributed by atoms with E-state index in [2.05, 4.69) is 15.7 Å². The van der Waals surface area contributed by atoms with Gasteiger partial charge in [0.25, 0.3) is 5.91 Å². The van der Waals surface area contributed by atoms with Crippen LogP contribution in [0.3, 0.4) is 0 Å². The van der Waals surface area contributed by atoms with Gasteiger partial charge in [0.05, 0.1) is 6.04 Å². The second-order valence-corrected chi connectivity index (χ2v) is 7.40. The van der Waals surface area contributed by atoms with Gasteiger partial charge in [-0.25, -0.2) is 0 Å². The largest absolute Gasteiger partial charge is 0.339 e. The predicted molar refractivity (Wildman–Crippen MR) is 110 cm³/mol. The molecule has 28 heavy (non-hydrogen) atoms. The van der Waals surface area contributed by atoms with Crippen LogP contribution in [0, 0.1) is 0 Å². The van der Waals surface area contributed by atoms with Crippen molar-refractivity contribution in [2.75, 3.05) is 24.5 Å². The molecule has 2 aliphatic rings. The third-order valence-corrected chi connectivity index (χ3v) is 5.35. The number of anilines is 1. The summed E-state index contributed by atoms with van der Waals surface area (Å²) in [5, 5.41) is 11.2. The Morgan fingerprint density at radius 2 is 2.14 bits per heavy atom. The van der Waals surface area contributed by atoms with Gasteiger partial charge in [0.2, 0.25) is 5.91 Å². The van der Waals surface area contributed by atoms with Crippen LogP contribution in [-0.2, 0) is 4.79 Å². The Balaban J connectivity index is 0.00000225. The number of benzene rings is 1. The molecular weight excluding hydrogens is 401 g/mol. The van der Waals surface area contributed by atoms with Crippen LogP contribution in [0.5, 0.6) is 0 Å². The molecule has 1 aromatic carbocycles. The highest BCUT2D eigenvalue weighted by Crippen LogP contribution is 2.24. The zero-order valence-corrected chi connectivity index (χ0v) is 16.9. The van der Waals surface area contributed by atoms with Crippen LogP contribution in [0.2, 0.25) is 5.02 Å². The zero-order valence-electron chi connectivity index (χ0n) is 15.3. The minimum absolute atomic E-state index is 0. The third-order valence-electron chi connectivity index (χ3n) is 5.12. The van der Waals surface area contributed by atoms with E-state index in [1.165, 1.54) is 0 Å². The number of hydrogen-bond acceptors (Lipinski definition) is 4. The van der Waals surface area contributed by atoms with Gasteiger partial charge in [-0.05, 0) is 50.1 Å². The second-order valence-electron chi connectivity index (χ2n) is 6.97. The summed E-state index contributed by atoms with van der Waals surface area (Å²) in [6.45, 7) is 2.43. The van der Waals surface area contributed by atoms with E-state index >= 15 is 0 Å². The van der Waals surface area contributed by atoms with Crippen molar-refractivity contribution in [1.29, 1.82) is 0 Å². The van der Waals surface area contributed by atoms with E-state index in [1.54, 1.807) is 23.1 Å². The van der Waals surface area contributed by atoms with Crippen LogP contribution in [-0.4, -0.2) is 47.3 Å². The Bertz CT molecular complexity index is 850. The molecule has 2 fully saturated rings. The number of halogens is 2. The first kappa shape index (κ1) is 20.6. The molecule has 1 aromatic heterocycles. The van der Waals surface area contributed by atoms with Gasteiger partial charge < -0.3 is 15.5 Å². The lowest BCUT2D eigenvalue weighted by Crippen LogP contribution is -2.41. The Kier molecular flexibility index (Phi) is 6.59. The van der Waals surface area contributed by atoms with Gasteiger partial charge >= 0.3 is 0 Å². The van der Waals surface area contributed by atoms with Crippen molar-refractivity contribution in [1.82, 2.24) is 20.4 Å². The maximum atomic E-state index is 12.7. The highest BCUT2D eigenvalue weighted by atomic mass is 35.5. The van der Waals surface area contributed by atoms with E-state index < -0.39 is 6.04 Å². The molecule has 150 valence electrons. The summed E-state index contributed by atoms with van der Waals surface area (Å²) in [5.74, 6) is -0.439. The first-order chi connectivity index (χ1) is 13.1. The lowest BCUT2D eigenvalue weighted by atomic mass is 10.1. The third kappa shape index (κ3) is 4.32. The Morgan fingerprint density at radius 3 is 2.89 bits per heavy atom. The standard InChI is InChI=1S/C19H22ClN5O2.ClH/c20-13-3-1-4-14(11-13)24-9-6-17(19(24)27)22-18(26)16-7-10-25(23-16)15-5-2-8-21-12-15;/h1,3-4,7,10-11,15,17,21H,2,5-6,8-9,12H2,(H,22,26);1H. The maximum absolute atomic E-state index is 12.7. The lowest BCUT2D eigenvalue weighted by Gasteiger charge is -2.22. The van der Waals surface area contributed by atoms with Crippen molar-refractivity contribution in [2.24, 2.45) is 0 Å². The number of carbonyl (C=O) groups is 2. The molecule has 0 radical (unpaired) electrons. The average molecular weight is 424 g/mol. The summed E-state index contributed by atoms with van der Waals surface area (Å²) in [7, 11) is 0.